The van der Waals surface area contributed by atoms with Crippen LogP contribution in [0.15, 0.2) is 73.1 Å². The summed E-state index contributed by atoms with van der Waals surface area (Å²) >= 11 is 0. The van der Waals surface area contributed by atoms with Crippen LogP contribution < -0.4 is 10.1 Å². The number of nitrogens with zero attached hydrogens (tertiary/aromatic N) is 2. The molecule has 2 aromatic heterocycles. The van der Waals surface area contributed by atoms with E-state index in [0.29, 0.717) is 5.69 Å². The van der Waals surface area contributed by atoms with Gasteiger partial charge < -0.3 is 10.1 Å². The zero-order valence-electron chi connectivity index (χ0n) is 14.6. The molecule has 1 unspecified atom stereocenters. The summed E-state index contributed by atoms with van der Waals surface area (Å²) in [5, 5.41) is 2.88. The molecule has 0 saturated heterocycles. The van der Waals surface area contributed by atoms with Crippen molar-refractivity contribution >= 4 is 5.91 Å². The third-order valence-corrected chi connectivity index (χ3v) is 3.77. The maximum atomic E-state index is 12.6. The zero-order valence-corrected chi connectivity index (χ0v) is 14.6. The van der Waals surface area contributed by atoms with Crippen LogP contribution in [0.4, 0.5) is 13.2 Å². The number of ether oxygens (including phenoxy) is 1. The van der Waals surface area contributed by atoms with Crippen LogP contribution in [0.3, 0.4) is 0 Å². The first kappa shape index (κ1) is 19.3. The fourth-order valence-electron chi connectivity index (χ4n) is 2.49. The lowest BCUT2D eigenvalue weighted by Gasteiger charge is -2.19. The van der Waals surface area contributed by atoms with Gasteiger partial charge in [0.15, 0.2) is 6.61 Å². The Morgan fingerprint density at radius 2 is 1.75 bits per heavy atom. The van der Waals surface area contributed by atoms with E-state index in [1.54, 1.807) is 18.3 Å². The maximum absolute atomic E-state index is 12.6. The minimum atomic E-state index is -4.46. The first-order valence-electron chi connectivity index (χ1n) is 8.35. The molecule has 0 saturated carbocycles. The molecule has 0 spiro atoms. The van der Waals surface area contributed by atoms with Crippen LogP contribution in [0, 0.1) is 0 Å². The summed E-state index contributed by atoms with van der Waals surface area (Å²) < 4.78 is 41.1. The first-order valence-corrected chi connectivity index (χ1v) is 8.35. The fraction of sp³-hybridized carbons (Fsp3) is 0.150. The number of benzene rings is 1. The predicted molar refractivity (Wildman–Crippen MR) is 95.8 cm³/mol. The third kappa shape index (κ3) is 5.29. The largest absolute Gasteiger partial charge is 0.468 e. The highest BCUT2D eigenvalue weighted by molar-refractivity contribution is 5.94. The van der Waals surface area contributed by atoms with E-state index in [1.807, 2.05) is 36.4 Å². The van der Waals surface area contributed by atoms with Crippen LogP contribution in [0.1, 0.15) is 27.7 Å². The van der Waals surface area contributed by atoms with Gasteiger partial charge in [0.2, 0.25) is 5.88 Å². The van der Waals surface area contributed by atoms with E-state index in [0.717, 1.165) is 5.56 Å². The van der Waals surface area contributed by atoms with Gasteiger partial charge in [-0.3, -0.25) is 9.78 Å². The summed E-state index contributed by atoms with van der Waals surface area (Å²) in [5.74, 6) is -0.646. The number of amides is 1. The van der Waals surface area contributed by atoms with Crippen LogP contribution >= 0.6 is 0 Å². The van der Waals surface area contributed by atoms with Gasteiger partial charge in [-0.05, 0) is 23.8 Å². The molecule has 5 nitrogen and oxygen atoms in total. The number of halogens is 3. The number of pyridine rings is 2. The van der Waals surface area contributed by atoms with E-state index < -0.39 is 24.7 Å². The molecule has 0 bridgehead atoms. The van der Waals surface area contributed by atoms with Crippen molar-refractivity contribution in [3.8, 4) is 5.88 Å². The molecule has 3 aromatic rings. The molecule has 1 aromatic carbocycles. The highest BCUT2D eigenvalue weighted by Crippen LogP contribution is 2.21. The van der Waals surface area contributed by atoms with Crippen LogP contribution in [-0.4, -0.2) is 28.7 Å². The van der Waals surface area contributed by atoms with Crippen LogP contribution in [-0.2, 0) is 0 Å². The summed E-state index contributed by atoms with van der Waals surface area (Å²) in [4.78, 5) is 20.7. The SMILES string of the molecule is O=C(NC(c1ccccc1)c1ccccn1)c1ccc(OCC(F)(F)F)nc1. The standard InChI is InChI=1S/C20H16F3N3O2/c21-20(22,23)13-28-17-10-9-15(12-25-17)19(27)26-18(14-6-2-1-3-7-14)16-8-4-5-11-24-16/h1-12,18H,13H2,(H,26,27). The molecule has 0 fully saturated rings. The van der Waals surface area contributed by atoms with E-state index in [2.05, 4.69) is 20.0 Å². The quantitative estimate of drug-likeness (QED) is 0.696. The maximum Gasteiger partial charge on any atom is 0.422 e. The van der Waals surface area contributed by atoms with Crippen molar-refractivity contribution in [1.82, 2.24) is 15.3 Å². The highest BCUT2D eigenvalue weighted by atomic mass is 19.4. The average Bonchev–Trinajstić information content (AvgIpc) is 2.71. The predicted octanol–water partition coefficient (Wildman–Crippen LogP) is 3.94. The molecule has 1 N–H and O–H groups in total. The summed E-state index contributed by atoms with van der Waals surface area (Å²) in [6, 6.07) is 16.8. The lowest BCUT2D eigenvalue weighted by Crippen LogP contribution is -2.30. The van der Waals surface area contributed by atoms with Gasteiger partial charge in [0.05, 0.1) is 17.3 Å². The normalized spacial score (nSPS) is 12.2. The fourth-order valence-corrected chi connectivity index (χ4v) is 2.49. The number of rotatable bonds is 6. The Morgan fingerprint density at radius 1 is 1.00 bits per heavy atom. The van der Waals surface area contributed by atoms with E-state index in [9.17, 15) is 18.0 Å². The van der Waals surface area contributed by atoms with Crippen LogP contribution in [0.2, 0.25) is 0 Å². The Labute approximate surface area is 159 Å². The molecule has 0 aliphatic rings. The van der Waals surface area contributed by atoms with E-state index in [-0.39, 0.29) is 11.4 Å². The van der Waals surface area contributed by atoms with Crippen molar-refractivity contribution in [3.05, 3.63) is 89.9 Å². The summed E-state index contributed by atoms with van der Waals surface area (Å²) in [7, 11) is 0. The molecular formula is C20H16F3N3O2. The lowest BCUT2D eigenvalue weighted by molar-refractivity contribution is -0.154. The zero-order chi connectivity index (χ0) is 20.0. The molecular weight excluding hydrogens is 371 g/mol. The van der Waals surface area contributed by atoms with E-state index in [4.69, 9.17) is 0 Å². The number of carbonyl (C=O) groups is 1. The summed E-state index contributed by atoms with van der Waals surface area (Å²) in [5.41, 5.74) is 1.68. The second kappa shape index (κ2) is 8.51. The number of hydrogen-bond donors (Lipinski definition) is 1. The number of alkyl halides is 3. The molecule has 0 aliphatic carbocycles. The summed E-state index contributed by atoms with van der Waals surface area (Å²) in [6.45, 7) is -1.44. The van der Waals surface area contributed by atoms with Crippen molar-refractivity contribution in [3.63, 3.8) is 0 Å². The minimum Gasteiger partial charge on any atom is -0.468 e. The molecule has 0 radical (unpaired) electrons. The molecule has 1 amide bonds. The van der Waals surface area contributed by atoms with Gasteiger partial charge in [-0.25, -0.2) is 4.98 Å². The Balaban J connectivity index is 1.75. The number of nitrogens with one attached hydrogen (secondary N) is 1. The Kier molecular flexibility index (Phi) is 5.88. The monoisotopic (exact) mass is 387 g/mol. The van der Waals surface area contributed by atoms with E-state index >= 15 is 0 Å². The Bertz CT molecular complexity index is 862. The second-order valence-corrected chi connectivity index (χ2v) is 5.86. The first-order chi connectivity index (χ1) is 13.4. The van der Waals surface area contributed by atoms with Crippen LogP contribution in [0.25, 0.3) is 0 Å². The lowest BCUT2D eigenvalue weighted by atomic mass is 10.0. The Morgan fingerprint density at radius 3 is 2.36 bits per heavy atom. The van der Waals surface area contributed by atoms with Crippen molar-refractivity contribution < 1.29 is 22.7 Å². The van der Waals surface area contributed by atoms with Gasteiger partial charge in [-0.2, -0.15) is 13.2 Å². The van der Waals surface area contributed by atoms with Gasteiger partial charge >= 0.3 is 6.18 Å². The van der Waals surface area contributed by atoms with E-state index in [1.165, 1.54) is 18.3 Å². The smallest absolute Gasteiger partial charge is 0.422 e. The molecule has 0 aliphatic heterocycles. The second-order valence-electron chi connectivity index (χ2n) is 5.86. The Hall–Kier alpha value is -3.42. The van der Waals surface area contributed by atoms with Gasteiger partial charge in [0, 0.05) is 18.5 Å². The molecule has 8 heteroatoms. The molecule has 2 heterocycles. The molecule has 144 valence electrons. The molecule has 1 atom stereocenters. The molecule has 28 heavy (non-hydrogen) atoms. The van der Waals surface area contributed by atoms with Crippen molar-refractivity contribution in [2.45, 2.75) is 12.2 Å². The highest BCUT2D eigenvalue weighted by Gasteiger charge is 2.28. The van der Waals surface area contributed by atoms with Gasteiger partial charge in [0.1, 0.15) is 0 Å². The molecule has 3 rings (SSSR count). The van der Waals surface area contributed by atoms with Gasteiger partial charge in [0.25, 0.3) is 5.91 Å². The van der Waals surface area contributed by atoms with Gasteiger partial charge in [-0.1, -0.05) is 36.4 Å². The van der Waals surface area contributed by atoms with Crippen molar-refractivity contribution in [2.24, 2.45) is 0 Å². The summed E-state index contributed by atoms with van der Waals surface area (Å²) in [6.07, 6.45) is -1.66. The topological polar surface area (TPSA) is 64.1 Å². The number of carbonyl (C=O) groups excluding carboxylic acids is 1. The van der Waals surface area contributed by atoms with Gasteiger partial charge in [-0.15, -0.1) is 0 Å². The third-order valence-electron chi connectivity index (χ3n) is 3.77. The minimum absolute atomic E-state index is 0.191. The van der Waals surface area contributed by atoms with Crippen LogP contribution in [0.5, 0.6) is 5.88 Å². The van der Waals surface area contributed by atoms with Crippen molar-refractivity contribution in [1.29, 1.82) is 0 Å². The average molecular weight is 387 g/mol. The number of hydrogen-bond acceptors (Lipinski definition) is 4. The van der Waals surface area contributed by atoms with Crippen molar-refractivity contribution in [2.75, 3.05) is 6.61 Å². The number of aromatic nitrogens is 2.